The molecule has 1 N–H and O–H groups in total. The highest BCUT2D eigenvalue weighted by molar-refractivity contribution is 7.90. The molecule has 36 heavy (non-hydrogen) atoms. The minimum Gasteiger partial charge on any atom is -0.598 e. The molecular weight excluding hydrogens is 491 g/mol. The number of rotatable bonds is 11. The van der Waals surface area contributed by atoms with Gasteiger partial charge in [-0.1, -0.05) is 37.6 Å². The van der Waals surface area contributed by atoms with Gasteiger partial charge in [-0.2, -0.15) is 13.2 Å². The van der Waals surface area contributed by atoms with Gasteiger partial charge in [0.1, 0.15) is 21.8 Å². The van der Waals surface area contributed by atoms with E-state index in [0.29, 0.717) is 6.42 Å². The first-order valence-electron chi connectivity index (χ1n) is 11.7. The molecule has 5 nitrogen and oxygen atoms in total. The summed E-state index contributed by atoms with van der Waals surface area (Å²) in [6.45, 7) is 12.2. The number of halogens is 3. The molecule has 0 radical (unpaired) electrons. The van der Waals surface area contributed by atoms with Crippen molar-refractivity contribution in [1.29, 1.82) is 0 Å². The van der Waals surface area contributed by atoms with Crippen molar-refractivity contribution in [3.63, 3.8) is 0 Å². The van der Waals surface area contributed by atoms with Crippen LogP contribution < -0.4 is 14.2 Å². The summed E-state index contributed by atoms with van der Waals surface area (Å²) in [6.07, 6.45) is -1.82. The van der Waals surface area contributed by atoms with Crippen LogP contribution in [0.15, 0.2) is 49.1 Å². The summed E-state index contributed by atoms with van der Waals surface area (Å²) >= 11 is -1.66. The number of hydrogen-bond donors (Lipinski definition) is 1. The topological polar surface area (TPSA) is 70.6 Å². The van der Waals surface area contributed by atoms with Crippen LogP contribution in [0.1, 0.15) is 80.0 Å². The summed E-state index contributed by atoms with van der Waals surface area (Å²) < 4.78 is 69.5. The number of ether oxygens (including phenoxy) is 2. The number of hydrogen-bond acceptors (Lipinski definition) is 5. The third-order valence-corrected chi connectivity index (χ3v) is 6.96. The molecule has 198 valence electrons. The van der Waals surface area contributed by atoms with Gasteiger partial charge in [0.05, 0.1) is 18.2 Å². The maximum absolute atomic E-state index is 14.5. The molecule has 0 fully saturated rings. The van der Waals surface area contributed by atoms with Gasteiger partial charge in [0.15, 0.2) is 0 Å². The van der Waals surface area contributed by atoms with Gasteiger partial charge in [-0.05, 0) is 69.9 Å². The van der Waals surface area contributed by atoms with E-state index in [1.807, 2.05) is 6.92 Å². The lowest BCUT2D eigenvalue weighted by Gasteiger charge is -2.30. The van der Waals surface area contributed by atoms with Crippen molar-refractivity contribution in [2.75, 3.05) is 6.61 Å². The average Bonchev–Trinajstić information content (AvgIpc) is 2.77. The van der Waals surface area contributed by atoms with Gasteiger partial charge in [-0.15, -0.1) is 11.3 Å². The second-order valence-corrected chi connectivity index (χ2v) is 11.3. The Hall–Kier alpha value is -2.49. The van der Waals surface area contributed by atoms with Gasteiger partial charge in [-0.3, -0.25) is 0 Å². The van der Waals surface area contributed by atoms with Crippen LogP contribution in [0.25, 0.3) is 0 Å². The lowest BCUT2D eigenvalue weighted by molar-refractivity contribution is -0.138. The number of para-hydroxylation sites is 1. The van der Waals surface area contributed by atoms with Crippen molar-refractivity contribution in [2.24, 2.45) is 0 Å². The quantitative estimate of drug-likeness (QED) is 0.112. The molecule has 0 aliphatic rings. The molecule has 2 aromatic rings. The zero-order chi connectivity index (χ0) is 27.1. The zero-order valence-electron chi connectivity index (χ0n) is 21.3. The Labute approximate surface area is 214 Å². The molecule has 2 aromatic carbocycles. The van der Waals surface area contributed by atoms with Gasteiger partial charge in [0.25, 0.3) is 0 Å². The molecule has 0 aliphatic heterocycles. The Balaban J connectivity index is 2.72. The molecule has 1 unspecified atom stereocenters. The van der Waals surface area contributed by atoms with Gasteiger partial charge in [0, 0.05) is 11.4 Å². The molecule has 0 heterocycles. The van der Waals surface area contributed by atoms with Crippen molar-refractivity contribution >= 4 is 17.3 Å². The van der Waals surface area contributed by atoms with Crippen LogP contribution in [-0.2, 0) is 17.5 Å². The van der Waals surface area contributed by atoms with Gasteiger partial charge in [-0.25, -0.2) is 4.79 Å². The highest BCUT2D eigenvalue weighted by Crippen LogP contribution is 2.43. The number of carbonyl (C=O) groups is 1. The predicted octanol–water partition coefficient (Wildman–Crippen LogP) is 7.08. The fourth-order valence-corrected chi connectivity index (χ4v) is 4.35. The third kappa shape index (κ3) is 7.75. The Morgan fingerprint density at radius 3 is 2.39 bits per heavy atom. The number of carbonyl (C=O) groups excluding carboxylic acids is 1. The number of benzene rings is 2. The van der Waals surface area contributed by atoms with E-state index in [0.717, 1.165) is 6.42 Å². The summed E-state index contributed by atoms with van der Waals surface area (Å²) in [6, 6.07) is 8.34. The number of esters is 1. The van der Waals surface area contributed by atoms with Crippen LogP contribution in [0.5, 0.6) is 11.5 Å². The molecule has 0 spiro atoms. The summed E-state index contributed by atoms with van der Waals surface area (Å²) in [5.74, 6) is -0.762. The number of nitrogens with one attached hydrogen (secondary N) is 1. The Bertz CT molecular complexity index is 1040. The maximum Gasteiger partial charge on any atom is 0.417 e. The highest BCUT2D eigenvalue weighted by atomic mass is 32.2. The third-order valence-electron chi connectivity index (χ3n) is 5.35. The van der Waals surface area contributed by atoms with E-state index >= 15 is 0 Å². The van der Waals surface area contributed by atoms with E-state index in [-0.39, 0.29) is 41.2 Å². The first kappa shape index (κ1) is 29.7. The summed E-state index contributed by atoms with van der Waals surface area (Å²) in [5, 5.41) is 0. The molecule has 0 amide bonds. The molecule has 9 heteroatoms. The summed E-state index contributed by atoms with van der Waals surface area (Å²) in [7, 11) is 0. The average molecular weight is 526 g/mol. The van der Waals surface area contributed by atoms with Crippen LogP contribution in [0.4, 0.5) is 13.2 Å². The molecule has 0 saturated carbocycles. The predicted molar refractivity (Wildman–Crippen MR) is 137 cm³/mol. The zero-order valence-corrected chi connectivity index (χ0v) is 22.1. The second-order valence-electron chi connectivity index (χ2n) is 9.32. The van der Waals surface area contributed by atoms with Crippen LogP contribution in [-0.4, -0.2) is 21.9 Å². The van der Waals surface area contributed by atoms with Crippen molar-refractivity contribution < 1.29 is 32.0 Å². The minimum atomic E-state index is -4.80. The SMILES string of the molecule is C=CCC(N[S@@+]([O-])C(C)(C)C)c1cc(OCCCC)c(C(=O)Oc2ccccc2)c(C)c1C(F)(F)F. The molecule has 0 aliphatic carbocycles. The Kier molecular flexibility index (Phi) is 10.5. The largest absolute Gasteiger partial charge is 0.598 e. The Morgan fingerprint density at radius 2 is 1.86 bits per heavy atom. The van der Waals surface area contributed by atoms with Crippen LogP contribution >= 0.6 is 0 Å². The molecule has 2 rings (SSSR count). The number of alkyl halides is 3. The molecule has 0 bridgehead atoms. The fraction of sp³-hybridized carbons (Fsp3) is 0.444. The highest BCUT2D eigenvalue weighted by Gasteiger charge is 2.41. The van der Waals surface area contributed by atoms with Crippen LogP contribution in [0.2, 0.25) is 0 Å². The van der Waals surface area contributed by atoms with Crippen LogP contribution in [0.3, 0.4) is 0 Å². The second kappa shape index (κ2) is 12.7. The maximum atomic E-state index is 14.5. The van der Waals surface area contributed by atoms with E-state index in [1.165, 1.54) is 31.2 Å². The standard InChI is InChI=1S/C27H34F3NO4S/c1-7-9-16-34-22-17-20(21(13-8-2)31-36(33)26(4,5)6)24(27(28,29)30)18(3)23(22)25(32)35-19-14-11-10-12-15-19/h8,10-12,14-15,17,21,31H,2,7,9,13,16H2,1,3-6H3/t21?,36-/m0/s1. The van der Waals surface area contributed by atoms with Crippen molar-refractivity contribution in [3.05, 3.63) is 71.3 Å². The molecule has 0 aromatic heterocycles. The first-order chi connectivity index (χ1) is 16.8. The van der Waals surface area contributed by atoms with E-state index in [1.54, 1.807) is 39.0 Å². The summed E-state index contributed by atoms with van der Waals surface area (Å²) in [5.41, 5.74) is -1.76. The Morgan fingerprint density at radius 1 is 1.22 bits per heavy atom. The number of unbranched alkanes of at least 4 members (excludes halogenated alkanes) is 1. The lowest BCUT2D eigenvalue weighted by Crippen LogP contribution is -2.41. The van der Waals surface area contributed by atoms with E-state index in [9.17, 15) is 22.5 Å². The van der Waals surface area contributed by atoms with E-state index in [4.69, 9.17) is 9.47 Å². The molecule has 0 saturated heterocycles. The van der Waals surface area contributed by atoms with Gasteiger partial charge < -0.3 is 14.0 Å². The lowest BCUT2D eigenvalue weighted by atomic mass is 9.90. The van der Waals surface area contributed by atoms with Gasteiger partial charge >= 0.3 is 12.1 Å². The van der Waals surface area contributed by atoms with Crippen molar-refractivity contribution in [1.82, 2.24) is 4.72 Å². The monoisotopic (exact) mass is 525 g/mol. The van der Waals surface area contributed by atoms with E-state index < -0.39 is 39.9 Å². The molecular formula is C27H34F3NO4S. The molecule has 2 atom stereocenters. The summed E-state index contributed by atoms with van der Waals surface area (Å²) in [4.78, 5) is 13.1. The van der Waals surface area contributed by atoms with Gasteiger partial charge in [0.2, 0.25) is 0 Å². The first-order valence-corrected chi connectivity index (χ1v) is 12.9. The van der Waals surface area contributed by atoms with Crippen molar-refractivity contribution in [2.45, 2.75) is 70.8 Å². The van der Waals surface area contributed by atoms with Crippen molar-refractivity contribution in [3.8, 4) is 11.5 Å². The smallest absolute Gasteiger partial charge is 0.417 e. The fourth-order valence-electron chi connectivity index (χ4n) is 3.51. The minimum absolute atomic E-state index is 0.0118. The normalized spacial score (nSPS) is 13.7. The van der Waals surface area contributed by atoms with Crippen LogP contribution in [0, 0.1) is 6.92 Å². The van der Waals surface area contributed by atoms with E-state index in [2.05, 4.69) is 11.3 Å².